The van der Waals surface area contributed by atoms with Gasteiger partial charge in [0.1, 0.15) is 11.5 Å². The van der Waals surface area contributed by atoms with Crippen LogP contribution in [0.1, 0.15) is 80.8 Å². The summed E-state index contributed by atoms with van der Waals surface area (Å²) in [5, 5.41) is 7.87. The molecule has 0 bridgehead atoms. The van der Waals surface area contributed by atoms with E-state index < -0.39 is 0 Å². The maximum atomic E-state index is 6.60. The molecule has 3 aromatic rings. The molecule has 0 aliphatic carbocycles. The Labute approximate surface area is 241 Å². The van der Waals surface area contributed by atoms with Gasteiger partial charge < -0.3 is 9.47 Å². The molecule has 0 saturated heterocycles. The van der Waals surface area contributed by atoms with Gasteiger partial charge in [-0.2, -0.15) is 5.10 Å². The smallest absolute Gasteiger partial charge is 0.213 e. The average Bonchev–Trinajstić information content (AvgIpc) is 3.35. The van der Waals surface area contributed by atoms with Crippen LogP contribution in [0, 0.1) is 0 Å². The molecule has 0 N–H and O–H groups in total. The van der Waals surface area contributed by atoms with Gasteiger partial charge in [-0.15, -0.1) is 0 Å². The molecule has 2 aliphatic rings. The zero-order valence-corrected chi connectivity index (χ0v) is 24.9. The molecule has 0 radical (unpaired) electrons. The van der Waals surface area contributed by atoms with E-state index >= 15 is 0 Å². The van der Waals surface area contributed by atoms with E-state index in [-0.39, 0.29) is 12.3 Å². The molecular formula is C30H31Br2ClN2O2. The number of halogens is 3. The molecule has 4 nitrogen and oxygen atoms in total. The predicted octanol–water partition coefficient (Wildman–Crippen LogP) is 9.85. The Hall–Kier alpha value is -2.02. The van der Waals surface area contributed by atoms with Crippen molar-refractivity contribution in [2.24, 2.45) is 5.10 Å². The molecule has 3 aromatic carbocycles. The standard InChI is InChI=1S/C30H31Br2ClN2O2/c1-2-3-4-5-6-7-16-36-24-14-10-21(11-15-24)30-35-28(25-17-22(31)18-26(32)29(25)37-30)19-27(34-35)20-8-12-23(33)13-9-20/h8-15,17-18,28,30H,2-7,16,19H2,1H3. The van der Waals surface area contributed by atoms with Crippen LogP contribution in [0.4, 0.5) is 0 Å². The molecule has 194 valence electrons. The lowest BCUT2D eigenvalue weighted by Crippen LogP contribution is -2.33. The minimum Gasteiger partial charge on any atom is -0.494 e. The second-order valence-electron chi connectivity index (χ2n) is 9.61. The van der Waals surface area contributed by atoms with Crippen LogP contribution in [0.25, 0.3) is 0 Å². The van der Waals surface area contributed by atoms with E-state index in [1.54, 1.807) is 0 Å². The summed E-state index contributed by atoms with van der Waals surface area (Å²) in [7, 11) is 0. The van der Waals surface area contributed by atoms with Gasteiger partial charge in [0, 0.05) is 27.0 Å². The van der Waals surface area contributed by atoms with Crippen molar-refractivity contribution >= 4 is 49.2 Å². The number of hydrogen-bond donors (Lipinski definition) is 0. The number of hydrogen-bond acceptors (Lipinski definition) is 4. The summed E-state index contributed by atoms with van der Waals surface area (Å²) in [4.78, 5) is 0. The van der Waals surface area contributed by atoms with Crippen molar-refractivity contribution in [3.8, 4) is 11.5 Å². The number of unbranched alkanes of at least 4 members (excludes halogenated alkanes) is 5. The van der Waals surface area contributed by atoms with Gasteiger partial charge in [-0.3, -0.25) is 0 Å². The number of fused-ring (bicyclic) bond motifs is 3. The molecule has 7 heteroatoms. The van der Waals surface area contributed by atoms with Gasteiger partial charge in [-0.25, -0.2) is 5.01 Å². The SMILES string of the molecule is CCCCCCCCOc1ccc(C2Oc3c(Br)cc(Br)cc3C3CC(c4ccc(Cl)cc4)=NN32)cc1. The van der Waals surface area contributed by atoms with Crippen molar-refractivity contribution in [3.05, 3.63) is 91.3 Å². The fraction of sp³-hybridized carbons (Fsp3) is 0.367. The summed E-state index contributed by atoms with van der Waals surface area (Å²) in [5.41, 5.74) is 4.26. The summed E-state index contributed by atoms with van der Waals surface area (Å²) in [6, 6.07) is 20.4. The van der Waals surface area contributed by atoms with Crippen molar-refractivity contribution in [1.82, 2.24) is 5.01 Å². The quantitative estimate of drug-likeness (QED) is 0.206. The molecule has 5 rings (SSSR count). The first-order valence-electron chi connectivity index (χ1n) is 13.0. The highest BCUT2D eigenvalue weighted by molar-refractivity contribution is 9.11. The zero-order chi connectivity index (χ0) is 25.8. The number of nitrogens with zero attached hydrogens (tertiary/aromatic N) is 2. The van der Waals surface area contributed by atoms with Crippen molar-refractivity contribution in [2.45, 2.75) is 64.1 Å². The molecule has 37 heavy (non-hydrogen) atoms. The van der Waals surface area contributed by atoms with Crippen LogP contribution in [0.5, 0.6) is 11.5 Å². The number of benzene rings is 3. The lowest BCUT2D eigenvalue weighted by molar-refractivity contribution is -0.0197. The lowest BCUT2D eigenvalue weighted by Gasteiger charge is -2.38. The highest BCUT2D eigenvalue weighted by atomic mass is 79.9. The van der Waals surface area contributed by atoms with Crippen LogP contribution in [-0.4, -0.2) is 17.3 Å². The van der Waals surface area contributed by atoms with E-state index in [0.29, 0.717) is 0 Å². The molecule has 0 spiro atoms. The summed E-state index contributed by atoms with van der Waals surface area (Å²) in [6.45, 7) is 3.00. The van der Waals surface area contributed by atoms with Gasteiger partial charge in [0.15, 0.2) is 0 Å². The average molecular weight is 647 g/mol. The summed E-state index contributed by atoms with van der Waals surface area (Å²) < 4.78 is 14.5. The monoisotopic (exact) mass is 644 g/mol. The van der Waals surface area contributed by atoms with Crippen molar-refractivity contribution < 1.29 is 9.47 Å². The largest absolute Gasteiger partial charge is 0.494 e. The van der Waals surface area contributed by atoms with Crippen molar-refractivity contribution in [1.29, 1.82) is 0 Å². The summed E-state index contributed by atoms with van der Waals surface area (Å²) in [5.74, 6) is 1.76. The van der Waals surface area contributed by atoms with Crippen LogP contribution in [0.3, 0.4) is 0 Å². The third kappa shape index (κ3) is 6.18. The predicted molar refractivity (Wildman–Crippen MR) is 158 cm³/mol. The molecule has 0 saturated carbocycles. The van der Waals surface area contributed by atoms with E-state index in [0.717, 1.165) is 67.3 Å². The summed E-state index contributed by atoms with van der Waals surface area (Å²) >= 11 is 13.5. The second-order valence-corrected chi connectivity index (χ2v) is 11.8. The Balaban J connectivity index is 1.35. The normalized spacial score (nSPS) is 18.2. The highest BCUT2D eigenvalue weighted by Crippen LogP contribution is 2.51. The zero-order valence-electron chi connectivity index (χ0n) is 20.9. The first-order chi connectivity index (χ1) is 18.0. The molecule has 0 amide bonds. The molecular weight excluding hydrogens is 616 g/mol. The Morgan fingerprint density at radius 1 is 0.973 bits per heavy atom. The number of ether oxygens (including phenoxy) is 2. The molecule has 0 aromatic heterocycles. The van der Waals surface area contributed by atoms with Crippen LogP contribution in [-0.2, 0) is 0 Å². The third-order valence-corrected chi connectivity index (χ3v) is 8.22. The molecule has 2 atom stereocenters. The first kappa shape index (κ1) is 26.6. The van der Waals surface area contributed by atoms with Gasteiger partial charge >= 0.3 is 0 Å². The highest BCUT2D eigenvalue weighted by Gasteiger charge is 2.42. The van der Waals surface area contributed by atoms with Crippen molar-refractivity contribution in [3.63, 3.8) is 0 Å². The fourth-order valence-corrected chi connectivity index (χ4v) is 6.43. The van der Waals surface area contributed by atoms with Crippen LogP contribution >= 0.6 is 43.5 Å². The third-order valence-electron chi connectivity index (χ3n) is 6.92. The summed E-state index contributed by atoms with van der Waals surface area (Å²) in [6.07, 6.45) is 7.98. The Morgan fingerprint density at radius 3 is 2.46 bits per heavy atom. The van der Waals surface area contributed by atoms with Gasteiger partial charge in [-0.1, -0.05) is 78.7 Å². The van der Waals surface area contributed by atoms with Crippen LogP contribution in [0.2, 0.25) is 5.02 Å². The number of hydrazone groups is 1. The molecule has 0 fully saturated rings. The molecule has 2 unspecified atom stereocenters. The Kier molecular flexibility index (Phi) is 8.78. The minimum atomic E-state index is -0.340. The topological polar surface area (TPSA) is 34.1 Å². The van der Waals surface area contributed by atoms with E-state index in [1.165, 1.54) is 32.1 Å². The van der Waals surface area contributed by atoms with E-state index in [2.05, 4.69) is 62.0 Å². The van der Waals surface area contributed by atoms with Gasteiger partial charge in [-0.05, 0) is 76.4 Å². The fourth-order valence-electron chi connectivity index (χ4n) is 4.95. The van der Waals surface area contributed by atoms with E-state index in [4.69, 9.17) is 26.2 Å². The van der Waals surface area contributed by atoms with Gasteiger partial charge in [0.05, 0.1) is 22.8 Å². The Bertz CT molecular complexity index is 1250. The van der Waals surface area contributed by atoms with E-state index in [9.17, 15) is 0 Å². The lowest BCUT2D eigenvalue weighted by atomic mass is 9.96. The maximum absolute atomic E-state index is 6.60. The van der Waals surface area contributed by atoms with Crippen LogP contribution in [0.15, 0.2) is 74.7 Å². The minimum absolute atomic E-state index is 0.0665. The molecule has 2 heterocycles. The Morgan fingerprint density at radius 2 is 1.70 bits per heavy atom. The van der Waals surface area contributed by atoms with Crippen LogP contribution < -0.4 is 9.47 Å². The second kappa shape index (κ2) is 12.2. The first-order valence-corrected chi connectivity index (χ1v) is 15.0. The van der Waals surface area contributed by atoms with Crippen molar-refractivity contribution in [2.75, 3.05) is 6.61 Å². The molecule has 2 aliphatic heterocycles. The number of rotatable bonds is 10. The van der Waals surface area contributed by atoms with Gasteiger partial charge in [0.25, 0.3) is 0 Å². The van der Waals surface area contributed by atoms with E-state index in [1.807, 2.05) is 42.5 Å². The maximum Gasteiger partial charge on any atom is 0.213 e. The van der Waals surface area contributed by atoms with Gasteiger partial charge in [0.2, 0.25) is 6.23 Å².